The van der Waals surface area contributed by atoms with Crippen LogP contribution in [0.1, 0.15) is 10.6 Å². The molecular formula is C12H16N4O3S. The first-order valence-electron chi connectivity index (χ1n) is 6.03. The Balaban J connectivity index is 1.99. The van der Waals surface area contributed by atoms with Gasteiger partial charge in [-0.3, -0.25) is 4.79 Å². The molecule has 0 atom stereocenters. The van der Waals surface area contributed by atoms with E-state index in [1.54, 1.807) is 6.07 Å². The van der Waals surface area contributed by atoms with E-state index in [2.05, 4.69) is 15.3 Å². The minimum absolute atomic E-state index is 0.0381. The lowest BCUT2D eigenvalue weighted by Crippen LogP contribution is -2.34. The molecule has 1 amide bonds. The van der Waals surface area contributed by atoms with Crippen LogP contribution in [0, 0.1) is 0 Å². The molecule has 7 nitrogen and oxygen atoms in total. The number of carbonyl (C=O) groups excluding carboxylic acids is 1. The molecule has 0 saturated heterocycles. The maximum atomic E-state index is 11.9. The molecule has 20 heavy (non-hydrogen) atoms. The SMILES string of the molecule is CN(C)S(=O)(=O)CCNC(=O)c1nc2ccccc2[nH]1. The first-order valence-corrected chi connectivity index (χ1v) is 7.64. The van der Waals surface area contributed by atoms with Crippen LogP contribution < -0.4 is 5.32 Å². The Hall–Kier alpha value is -1.93. The topological polar surface area (TPSA) is 95.2 Å². The van der Waals surface area contributed by atoms with Gasteiger partial charge < -0.3 is 10.3 Å². The number of nitrogens with zero attached hydrogens (tertiary/aromatic N) is 2. The zero-order chi connectivity index (χ0) is 14.8. The highest BCUT2D eigenvalue weighted by Crippen LogP contribution is 2.09. The number of fused-ring (bicyclic) bond motifs is 1. The zero-order valence-corrected chi connectivity index (χ0v) is 12.1. The molecule has 8 heteroatoms. The molecule has 0 aliphatic carbocycles. The van der Waals surface area contributed by atoms with Crippen molar-refractivity contribution in [2.24, 2.45) is 0 Å². The minimum atomic E-state index is -3.31. The summed E-state index contributed by atoms with van der Waals surface area (Å²) in [6.07, 6.45) is 0. The number of carbonyl (C=O) groups is 1. The smallest absolute Gasteiger partial charge is 0.287 e. The van der Waals surface area contributed by atoms with Crippen LogP contribution >= 0.6 is 0 Å². The lowest BCUT2D eigenvalue weighted by atomic mass is 10.3. The average Bonchev–Trinajstić information content (AvgIpc) is 2.82. The lowest BCUT2D eigenvalue weighted by molar-refractivity contribution is 0.0947. The van der Waals surface area contributed by atoms with Gasteiger partial charge in [0.2, 0.25) is 10.0 Å². The number of para-hydroxylation sites is 2. The van der Waals surface area contributed by atoms with Crippen molar-refractivity contribution in [3.63, 3.8) is 0 Å². The number of imidazole rings is 1. The fraction of sp³-hybridized carbons (Fsp3) is 0.333. The molecule has 0 fully saturated rings. The Morgan fingerprint density at radius 1 is 1.35 bits per heavy atom. The summed E-state index contributed by atoms with van der Waals surface area (Å²) in [7, 11) is -0.403. The molecule has 0 saturated carbocycles. The summed E-state index contributed by atoms with van der Waals surface area (Å²) in [6, 6.07) is 7.27. The van der Waals surface area contributed by atoms with Gasteiger partial charge in [0.1, 0.15) is 0 Å². The molecular weight excluding hydrogens is 280 g/mol. The minimum Gasteiger partial charge on any atom is -0.348 e. The summed E-state index contributed by atoms with van der Waals surface area (Å²) in [5.41, 5.74) is 1.46. The second-order valence-corrected chi connectivity index (χ2v) is 6.76. The number of aromatic amines is 1. The van der Waals surface area contributed by atoms with Gasteiger partial charge in [0.15, 0.2) is 5.82 Å². The van der Waals surface area contributed by atoms with Crippen LogP contribution in [0.2, 0.25) is 0 Å². The summed E-state index contributed by atoms with van der Waals surface area (Å²) >= 11 is 0. The number of nitrogens with one attached hydrogen (secondary N) is 2. The zero-order valence-electron chi connectivity index (χ0n) is 11.3. The number of amides is 1. The Kier molecular flexibility index (Phi) is 4.05. The van der Waals surface area contributed by atoms with E-state index < -0.39 is 15.9 Å². The van der Waals surface area contributed by atoms with E-state index in [0.717, 1.165) is 9.82 Å². The fourth-order valence-corrected chi connectivity index (χ4v) is 2.35. The Bertz CT molecular complexity index is 688. The molecule has 1 aromatic carbocycles. The first kappa shape index (κ1) is 14.5. The largest absolute Gasteiger partial charge is 0.348 e. The number of hydrogen-bond donors (Lipinski definition) is 2. The van der Waals surface area contributed by atoms with Crippen LogP contribution in [0.25, 0.3) is 11.0 Å². The Morgan fingerprint density at radius 3 is 2.70 bits per heavy atom. The molecule has 1 aromatic heterocycles. The van der Waals surface area contributed by atoms with Crippen molar-refractivity contribution in [3.05, 3.63) is 30.1 Å². The molecule has 0 bridgehead atoms. The van der Waals surface area contributed by atoms with Crippen molar-refractivity contribution < 1.29 is 13.2 Å². The second kappa shape index (κ2) is 5.59. The third kappa shape index (κ3) is 3.14. The number of H-pyrrole nitrogens is 1. The van der Waals surface area contributed by atoms with E-state index in [9.17, 15) is 13.2 Å². The van der Waals surface area contributed by atoms with Crippen LogP contribution in [0.5, 0.6) is 0 Å². The summed E-state index contributed by atoms with van der Waals surface area (Å²) in [5, 5.41) is 2.53. The van der Waals surface area contributed by atoms with Crippen LogP contribution in [0.3, 0.4) is 0 Å². The highest BCUT2D eigenvalue weighted by Gasteiger charge is 2.15. The van der Waals surface area contributed by atoms with E-state index in [1.807, 2.05) is 18.2 Å². The maximum absolute atomic E-state index is 11.9. The summed E-state index contributed by atoms with van der Waals surface area (Å²) < 4.78 is 24.2. The van der Waals surface area contributed by atoms with Crippen LogP contribution in [-0.2, 0) is 10.0 Å². The molecule has 108 valence electrons. The highest BCUT2D eigenvalue weighted by atomic mass is 32.2. The number of rotatable bonds is 5. The lowest BCUT2D eigenvalue weighted by Gasteiger charge is -2.10. The fourth-order valence-electron chi connectivity index (χ4n) is 1.62. The number of benzene rings is 1. The van der Waals surface area contributed by atoms with Crippen LogP contribution in [0.15, 0.2) is 24.3 Å². The summed E-state index contributed by atoms with van der Waals surface area (Å²) in [6.45, 7) is 0.0381. The second-order valence-electron chi connectivity index (χ2n) is 4.46. The van der Waals surface area contributed by atoms with Crippen molar-refractivity contribution in [3.8, 4) is 0 Å². The molecule has 0 unspecified atom stereocenters. The van der Waals surface area contributed by atoms with E-state index in [4.69, 9.17) is 0 Å². The van der Waals surface area contributed by atoms with Crippen molar-refractivity contribution >= 4 is 27.0 Å². The van der Waals surface area contributed by atoms with E-state index >= 15 is 0 Å². The predicted molar refractivity (Wildman–Crippen MR) is 75.9 cm³/mol. The molecule has 2 rings (SSSR count). The number of sulfonamides is 1. The summed E-state index contributed by atoms with van der Waals surface area (Å²) in [5.74, 6) is -0.394. The monoisotopic (exact) mass is 296 g/mol. The maximum Gasteiger partial charge on any atom is 0.287 e. The average molecular weight is 296 g/mol. The van der Waals surface area contributed by atoms with Gasteiger partial charge in [0.05, 0.1) is 16.8 Å². The van der Waals surface area contributed by atoms with Crippen molar-refractivity contribution in [1.82, 2.24) is 19.6 Å². The van der Waals surface area contributed by atoms with Crippen LogP contribution in [-0.4, -0.2) is 55.0 Å². The van der Waals surface area contributed by atoms with Crippen molar-refractivity contribution in [1.29, 1.82) is 0 Å². The molecule has 0 aliphatic rings. The third-order valence-electron chi connectivity index (χ3n) is 2.81. The van der Waals surface area contributed by atoms with Gasteiger partial charge in [-0.15, -0.1) is 0 Å². The summed E-state index contributed by atoms with van der Waals surface area (Å²) in [4.78, 5) is 18.9. The van der Waals surface area contributed by atoms with Crippen molar-refractivity contribution in [2.45, 2.75) is 0 Å². The van der Waals surface area contributed by atoms with Gasteiger partial charge in [0.25, 0.3) is 5.91 Å². The standard InChI is InChI=1S/C12H16N4O3S/c1-16(2)20(18,19)8-7-13-12(17)11-14-9-5-3-4-6-10(9)15-11/h3-6H,7-8H2,1-2H3,(H,13,17)(H,14,15). The van der Waals surface area contributed by atoms with Gasteiger partial charge >= 0.3 is 0 Å². The molecule has 0 aliphatic heterocycles. The van der Waals surface area contributed by atoms with Crippen LogP contribution in [0.4, 0.5) is 0 Å². The molecule has 2 aromatic rings. The van der Waals surface area contributed by atoms with E-state index in [-0.39, 0.29) is 18.1 Å². The number of hydrogen-bond acceptors (Lipinski definition) is 4. The first-order chi connectivity index (χ1) is 9.40. The highest BCUT2D eigenvalue weighted by molar-refractivity contribution is 7.89. The normalized spacial score (nSPS) is 11.9. The van der Waals surface area contributed by atoms with Gasteiger partial charge in [-0.2, -0.15) is 0 Å². The molecule has 0 radical (unpaired) electrons. The van der Waals surface area contributed by atoms with Gasteiger partial charge in [-0.1, -0.05) is 12.1 Å². The van der Waals surface area contributed by atoms with Gasteiger partial charge in [0, 0.05) is 20.6 Å². The Labute approximate surface area is 117 Å². The van der Waals surface area contributed by atoms with Crippen molar-refractivity contribution in [2.75, 3.05) is 26.4 Å². The molecule has 1 heterocycles. The quantitative estimate of drug-likeness (QED) is 0.823. The third-order valence-corrected chi connectivity index (χ3v) is 4.64. The number of aromatic nitrogens is 2. The van der Waals surface area contributed by atoms with Gasteiger partial charge in [-0.25, -0.2) is 17.7 Å². The van der Waals surface area contributed by atoms with Gasteiger partial charge in [-0.05, 0) is 12.1 Å². The predicted octanol–water partition coefficient (Wildman–Crippen LogP) is 0.184. The van der Waals surface area contributed by atoms with E-state index in [1.165, 1.54) is 14.1 Å². The molecule has 0 spiro atoms. The molecule has 2 N–H and O–H groups in total. The van der Waals surface area contributed by atoms with E-state index in [0.29, 0.717) is 5.52 Å². The Morgan fingerprint density at radius 2 is 2.05 bits per heavy atom.